The highest BCUT2D eigenvalue weighted by molar-refractivity contribution is 5.15. The maximum absolute atomic E-state index is 11.6. The molecule has 0 amide bonds. The maximum atomic E-state index is 11.6. The third kappa shape index (κ3) is 9.13. The molecule has 8 aliphatic carbocycles. The van der Waals surface area contributed by atoms with Crippen molar-refractivity contribution in [1.82, 2.24) is 0 Å². The van der Waals surface area contributed by atoms with Gasteiger partial charge < -0.3 is 30.6 Å². The van der Waals surface area contributed by atoms with Crippen LogP contribution in [-0.4, -0.2) is 66.3 Å². The predicted molar refractivity (Wildman–Crippen MR) is 251 cm³/mol. The van der Waals surface area contributed by atoms with Crippen LogP contribution in [0.1, 0.15) is 230 Å². The first kappa shape index (κ1) is 50.2. The zero-order chi connectivity index (χ0) is 43.5. The van der Waals surface area contributed by atoms with E-state index in [1.165, 1.54) is 77.0 Å². The second kappa shape index (κ2) is 19.2. The fourth-order valence-electron chi connectivity index (χ4n) is 18.8. The molecule has 3 unspecified atom stereocenters. The number of aliphatic hydroxyl groups is 6. The Bertz CT molecular complexity index is 1310. The highest BCUT2D eigenvalue weighted by atomic mass is 16.3. The Balaban J connectivity index is 0.000000201. The second-order valence-electron chi connectivity index (χ2n) is 25.1. The third-order valence-electron chi connectivity index (χ3n) is 21.9. The van der Waals surface area contributed by atoms with E-state index in [2.05, 4.69) is 55.4 Å². The third-order valence-corrected chi connectivity index (χ3v) is 21.9. The number of unbranched alkanes of at least 4 members (excludes halogenated alkanes) is 6. The first-order valence-corrected chi connectivity index (χ1v) is 26.4. The van der Waals surface area contributed by atoms with Gasteiger partial charge in [-0.3, -0.25) is 0 Å². The molecule has 8 fully saturated rings. The summed E-state index contributed by atoms with van der Waals surface area (Å²) in [6, 6.07) is 0. The average molecular weight is 857 g/mol. The molecule has 0 bridgehead atoms. The normalized spacial score (nSPS) is 49.5. The Kier molecular flexibility index (Phi) is 15.8. The molecule has 0 aromatic rings. The fourth-order valence-corrected chi connectivity index (χ4v) is 18.8. The predicted octanol–water partition coefficient (Wildman–Crippen LogP) is 12.0. The van der Waals surface area contributed by atoms with Gasteiger partial charge in [-0.15, -0.1) is 0 Å². The molecule has 356 valence electrons. The van der Waals surface area contributed by atoms with Crippen LogP contribution in [0.25, 0.3) is 0 Å². The van der Waals surface area contributed by atoms with Crippen LogP contribution in [0.4, 0.5) is 0 Å². The lowest BCUT2D eigenvalue weighted by molar-refractivity contribution is -0.179. The average Bonchev–Trinajstić information content (AvgIpc) is 3.75. The van der Waals surface area contributed by atoms with Crippen molar-refractivity contribution in [2.24, 2.45) is 80.8 Å². The van der Waals surface area contributed by atoms with Crippen molar-refractivity contribution in [2.45, 2.75) is 265 Å². The van der Waals surface area contributed by atoms with E-state index in [0.29, 0.717) is 47.3 Å². The van der Waals surface area contributed by atoms with Gasteiger partial charge in [0, 0.05) is 0 Å². The molecule has 61 heavy (non-hydrogen) atoms. The van der Waals surface area contributed by atoms with Crippen LogP contribution in [0, 0.1) is 80.8 Å². The summed E-state index contributed by atoms with van der Waals surface area (Å²) < 4.78 is 0. The quantitative estimate of drug-likeness (QED) is 0.109. The van der Waals surface area contributed by atoms with Crippen molar-refractivity contribution in [1.29, 1.82) is 0 Å². The van der Waals surface area contributed by atoms with Gasteiger partial charge in [-0.1, -0.05) is 100 Å². The van der Waals surface area contributed by atoms with Crippen molar-refractivity contribution in [2.75, 3.05) is 0 Å². The first-order chi connectivity index (χ1) is 28.3. The minimum Gasteiger partial charge on any atom is -0.393 e. The van der Waals surface area contributed by atoms with Crippen molar-refractivity contribution in [3.05, 3.63) is 0 Å². The highest BCUT2D eigenvalue weighted by Gasteiger charge is 2.65. The van der Waals surface area contributed by atoms with Crippen molar-refractivity contribution >= 4 is 0 Å². The lowest BCUT2D eigenvalue weighted by Gasteiger charge is -2.62. The monoisotopic (exact) mass is 857 g/mol. The zero-order valence-electron chi connectivity index (χ0n) is 40.2. The van der Waals surface area contributed by atoms with Gasteiger partial charge in [0.2, 0.25) is 0 Å². The molecular weight excluding hydrogens is 757 g/mol. The topological polar surface area (TPSA) is 121 Å². The molecule has 20 atom stereocenters. The van der Waals surface area contributed by atoms with Gasteiger partial charge in [0.15, 0.2) is 0 Å². The minimum absolute atomic E-state index is 0. The van der Waals surface area contributed by atoms with Crippen molar-refractivity contribution in [3.63, 3.8) is 0 Å². The number of rotatable bonds is 12. The van der Waals surface area contributed by atoms with Crippen LogP contribution in [0.3, 0.4) is 0 Å². The van der Waals surface area contributed by atoms with Crippen molar-refractivity contribution < 1.29 is 30.6 Å². The molecule has 0 aromatic heterocycles. The first-order valence-electron chi connectivity index (χ1n) is 26.4. The van der Waals surface area contributed by atoms with E-state index in [1.807, 2.05) is 0 Å². The molecule has 0 radical (unpaired) electrons. The van der Waals surface area contributed by atoms with Crippen molar-refractivity contribution in [3.8, 4) is 0 Å². The molecule has 0 aliphatic heterocycles. The Hall–Kier alpha value is -0.240. The van der Waals surface area contributed by atoms with E-state index in [4.69, 9.17) is 0 Å². The molecule has 8 rings (SSSR count). The summed E-state index contributed by atoms with van der Waals surface area (Å²) in [4.78, 5) is 0. The maximum Gasteiger partial charge on any atom is 0.0653 e. The van der Waals surface area contributed by atoms with E-state index in [1.54, 1.807) is 0 Å². The summed E-state index contributed by atoms with van der Waals surface area (Å²) in [7, 11) is 0. The standard InChI is InChI=1S/2C27H48O3.CH4/c2*1-5-6-7-8-13-27(4,30)24-10-9-20-19-17-23(29)22-16-18(28)11-14-25(22,2)21(19)12-15-26(20,24)3;/h2*18-24,28-30H,5-17H2,1-4H3;1H4/t18-,19?,20?,21?,22+,23-,24-,25+,26-,27-;18-,19-,20-,21-,22+,23-,24-,25+,26-,27-;/m00./s1. The van der Waals surface area contributed by atoms with E-state index in [9.17, 15) is 30.6 Å². The van der Waals surface area contributed by atoms with E-state index >= 15 is 0 Å². The molecule has 6 nitrogen and oxygen atoms in total. The summed E-state index contributed by atoms with van der Waals surface area (Å²) in [6.45, 7) is 18.6. The molecule has 6 N–H and O–H groups in total. The van der Waals surface area contributed by atoms with Crippen LogP contribution >= 0.6 is 0 Å². The molecule has 0 saturated heterocycles. The molecule has 6 heteroatoms. The van der Waals surface area contributed by atoms with Gasteiger partial charge in [0.25, 0.3) is 0 Å². The Morgan fingerprint density at radius 1 is 0.426 bits per heavy atom. The molecule has 0 heterocycles. The minimum atomic E-state index is -0.557. The van der Waals surface area contributed by atoms with E-state index in [-0.39, 0.29) is 65.3 Å². The molecule has 0 aromatic carbocycles. The summed E-state index contributed by atoms with van der Waals surface area (Å²) in [5.74, 6) is 5.17. The second-order valence-corrected chi connectivity index (χ2v) is 25.1. The summed E-state index contributed by atoms with van der Waals surface area (Å²) in [5.41, 5.74) is -0.316. The summed E-state index contributed by atoms with van der Waals surface area (Å²) >= 11 is 0. The number of aliphatic hydroxyl groups excluding tert-OH is 4. The lowest BCUT2D eigenvalue weighted by Crippen LogP contribution is -2.59. The molecular formula is C55H100O6. The molecule has 8 saturated carbocycles. The van der Waals surface area contributed by atoms with Crippen LogP contribution in [0.5, 0.6) is 0 Å². The lowest BCUT2D eigenvalue weighted by atomic mass is 9.43. The van der Waals surface area contributed by atoms with Crippen LogP contribution in [-0.2, 0) is 0 Å². The fraction of sp³-hybridized carbons (Fsp3) is 1.00. The van der Waals surface area contributed by atoms with Gasteiger partial charge in [-0.2, -0.15) is 0 Å². The van der Waals surface area contributed by atoms with E-state index < -0.39 is 11.2 Å². The number of fused-ring (bicyclic) bond motifs is 10. The zero-order valence-corrected chi connectivity index (χ0v) is 40.2. The van der Waals surface area contributed by atoms with Gasteiger partial charge >= 0.3 is 0 Å². The molecule has 8 aliphatic rings. The van der Waals surface area contributed by atoms with Gasteiger partial charge in [-0.25, -0.2) is 0 Å². The Labute approximate surface area is 375 Å². The summed E-state index contributed by atoms with van der Waals surface area (Å²) in [5, 5.41) is 66.0. The number of hydrogen-bond acceptors (Lipinski definition) is 6. The molecule has 0 spiro atoms. The van der Waals surface area contributed by atoms with Gasteiger partial charge in [0.1, 0.15) is 0 Å². The van der Waals surface area contributed by atoms with Crippen LogP contribution in [0.2, 0.25) is 0 Å². The van der Waals surface area contributed by atoms with E-state index in [0.717, 1.165) is 89.9 Å². The summed E-state index contributed by atoms with van der Waals surface area (Å²) in [6.07, 6.45) is 27.8. The smallest absolute Gasteiger partial charge is 0.0653 e. The largest absolute Gasteiger partial charge is 0.393 e. The van der Waals surface area contributed by atoms with Crippen LogP contribution < -0.4 is 0 Å². The van der Waals surface area contributed by atoms with Gasteiger partial charge in [0.05, 0.1) is 35.6 Å². The highest BCUT2D eigenvalue weighted by Crippen LogP contribution is 2.70. The Morgan fingerprint density at radius 2 is 0.770 bits per heavy atom. The number of hydrogen-bond donors (Lipinski definition) is 6. The van der Waals surface area contributed by atoms with Crippen LogP contribution in [0.15, 0.2) is 0 Å². The van der Waals surface area contributed by atoms with Gasteiger partial charge in [-0.05, 0) is 210 Å². The Morgan fingerprint density at radius 3 is 1.13 bits per heavy atom. The SMILES string of the molecule is C.CCCCCC[C@](C)(O)[C@H]1CCC2C3C[C@H](O)[C@H]4C[C@@H](O)CC[C@]4(C)C3CC[C@@]21C.CCCCCC[C@](C)(O)[C@H]1CC[C@H]2[C@@H]3C[C@H](O)[C@H]4C[C@@H](O)CC[C@]4(C)[C@H]3CC[C@@]21C.